The Morgan fingerprint density at radius 2 is 2.19 bits per heavy atom. The molecular weight excluding hydrogens is 268 g/mol. The van der Waals surface area contributed by atoms with Crippen molar-refractivity contribution in [2.45, 2.75) is 32.5 Å². The maximum absolute atomic E-state index is 8.80. The number of rotatable bonds is 8. The van der Waals surface area contributed by atoms with Gasteiger partial charge in [0.05, 0.1) is 12.8 Å². The van der Waals surface area contributed by atoms with E-state index >= 15 is 0 Å². The number of aromatic nitrogens is 3. The molecule has 6 nitrogen and oxygen atoms in total. The average molecular weight is 290 g/mol. The number of aryl methyl sites for hydroxylation is 1. The summed E-state index contributed by atoms with van der Waals surface area (Å²) in [5, 5.41) is 20.4. The largest absolute Gasteiger partial charge is 0.496 e. The number of para-hydroxylation sites is 1. The third kappa shape index (κ3) is 4.27. The minimum Gasteiger partial charge on any atom is -0.496 e. The van der Waals surface area contributed by atoms with Gasteiger partial charge in [0.25, 0.3) is 0 Å². The summed E-state index contributed by atoms with van der Waals surface area (Å²) in [5.74, 6) is 0.879. The molecule has 2 N–H and O–H groups in total. The molecule has 1 atom stereocenters. The smallest absolute Gasteiger partial charge is 0.123 e. The van der Waals surface area contributed by atoms with Crippen molar-refractivity contribution >= 4 is 0 Å². The summed E-state index contributed by atoms with van der Waals surface area (Å²) in [4.78, 5) is 0. The van der Waals surface area contributed by atoms with Gasteiger partial charge in [-0.2, -0.15) is 0 Å². The Labute approximate surface area is 124 Å². The topological polar surface area (TPSA) is 72.2 Å². The van der Waals surface area contributed by atoms with Gasteiger partial charge >= 0.3 is 0 Å². The molecule has 2 rings (SSSR count). The van der Waals surface area contributed by atoms with Crippen LogP contribution < -0.4 is 10.1 Å². The van der Waals surface area contributed by atoms with E-state index in [2.05, 4.69) is 28.6 Å². The summed E-state index contributed by atoms with van der Waals surface area (Å²) < 4.78 is 7.12. The van der Waals surface area contributed by atoms with Gasteiger partial charge in [-0.3, -0.25) is 4.68 Å². The van der Waals surface area contributed by atoms with Gasteiger partial charge in [-0.25, -0.2) is 0 Å². The number of benzene rings is 1. The van der Waals surface area contributed by atoms with E-state index in [9.17, 15) is 0 Å². The van der Waals surface area contributed by atoms with E-state index in [0.717, 1.165) is 17.0 Å². The normalized spacial score (nSPS) is 12.3. The maximum Gasteiger partial charge on any atom is 0.123 e. The monoisotopic (exact) mass is 290 g/mol. The van der Waals surface area contributed by atoms with Crippen LogP contribution in [0.1, 0.15) is 30.6 Å². The summed E-state index contributed by atoms with van der Waals surface area (Å²) in [6.07, 6.45) is 2.59. The first-order valence-electron chi connectivity index (χ1n) is 7.10. The molecule has 0 unspecified atom stereocenters. The fraction of sp³-hybridized carbons (Fsp3) is 0.467. The van der Waals surface area contributed by atoms with Crippen molar-refractivity contribution in [3.63, 3.8) is 0 Å². The van der Waals surface area contributed by atoms with Crippen molar-refractivity contribution in [3.05, 3.63) is 41.7 Å². The van der Waals surface area contributed by atoms with Crippen molar-refractivity contribution in [2.75, 3.05) is 13.7 Å². The Hall–Kier alpha value is -1.92. The van der Waals surface area contributed by atoms with Gasteiger partial charge in [-0.15, -0.1) is 5.10 Å². The van der Waals surface area contributed by atoms with Gasteiger partial charge in [0.15, 0.2) is 0 Å². The van der Waals surface area contributed by atoms with E-state index in [4.69, 9.17) is 9.84 Å². The second-order valence-electron chi connectivity index (χ2n) is 4.89. The Morgan fingerprint density at radius 3 is 2.95 bits per heavy atom. The number of hydrogen-bond donors (Lipinski definition) is 2. The molecule has 1 heterocycles. The number of aliphatic hydroxyl groups excluding tert-OH is 1. The van der Waals surface area contributed by atoms with Crippen LogP contribution in [-0.2, 0) is 13.1 Å². The Morgan fingerprint density at radius 1 is 1.38 bits per heavy atom. The Balaban J connectivity index is 1.91. The molecule has 0 amide bonds. The number of aliphatic hydroxyl groups is 1. The van der Waals surface area contributed by atoms with Crippen LogP contribution in [-0.4, -0.2) is 33.8 Å². The van der Waals surface area contributed by atoms with Crippen LogP contribution in [0.4, 0.5) is 0 Å². The molecule has 0 saturated carbocycles. The molecular formula is C15H22N4O2. The highest BCUT2D eigenvalue weighted by Crippen LogP contribution is 2.24. The zero-order valence-corrected chi connectivity index (χ0v) is 12.5. The van der Waals surface area contributed by atoms with E-state index < -0.39 is 0 Å². The molecule has 0 aliphatic carbocycles. The summed E-state index contributed by atoms with van der Waals surface area (Å²) in [5.41, 5.74) is 2.00. The lowest BCUT2D eigenvalue weighted by Crippen LogP contribution is -2.19. The molecule has 0 spiro atoms. The number of nitrogens with zero attached hydrogens (tertiary/aromatic N) is 3. The highest BCUT2D eigenvalue weighted by molar-refractivity contribution is 5.35. The maximum atomic E-state index is 8.80. The van der Waals surface area contributed by atoms with Crippen molar-refractivity contribution in [2.24, 2.45) is 0 Å². The molecule has 114 valence electrons. The minimum absolute atomic E-state index is 0.156. The summed E-state index contributed by atoms with van der Waals surface area (Å²) in [6, 6.07) is 8.12. The first-order chi connectivity index (χ1) is 10.2. The van der Waals surface area contributed by atoms with Gasteiger partial charge in [-0.05, 0) is 19.4 Å². The number of ether oxygens (including phenoxy) is 1. The van der Waals surface area contributed by atoms with Crippen molar-refractivity contribution < 1.29 is 9.84 Å². The molecule has 0 bridgehead atoms. The highest BCUT2D eigenvalue weighted by Gasteiger charge is 2.11. The predicted molar refractivity (Wildman–Crippen MR) is 80.0 cm³/mol. The van der Waals surface area contributed by atoms with E-state index in [1.54, 1.807) is 11.8 Å². The van der Waals surface area contributed by atoms with Crippen molar-refractivity contribution in [3.8, 4) is 5.75 Å². The van der Waals surface area contributed by atoms with Crippen LogP contribution in [0.2, 0.25) is 0 Å². The molecule has 0 saturated heterocycles. The van der Waals surface area contributed by atoms with E-state index in [1.807, 2.05) is 24.4 Å². The van der Waals surface area contributed by atoms with Crippen LogP contribution in [0.3, 0.4) is 0 Å². The second kappa shape index (κ2) is 7.75. The lowest BCUT2D eigenvalue weighted by Gasteiger charge is -2.16. The molecule has 6 heteroatoms. The summed E-state index contributed by atoms with van der Waals surface area (Å²) in [7, 11) is 1.68. The van der Waals surface area contributed by atoms with Crippen molar-refractivity contribution in [1.29, 1.82) is 0 Å². The SMILES string of the molecule is COc1ccccc1[C@H](C)NCc1cn(CCCO)nn1. The zero-order valence-electron chi connectivity index (χ0n) is 12.5. The van der Waals surface area contributed by atoms with E-state index in [1.165, 1.54) is 0 Å². The number of hydrogen-bond acceptors (Lipinski definition) is 5. The fourth-order valence-corrected chi connectivity index (χ4v) is 2.15. The molecule has 0 fully saturated rings. The number of nitrogens with one attached hydrogen (secondary N) is 1. The van der Waals surface area contributed by atoms with Crippen LogP contribution in [0.15, 0.2) is 30.5 Å². The van der Waals surface area contributed by atoms with Gasteiger partial charge in [0.1, 0.15) is 5.75 Å². The predicted octanol–water partition coefficient (Wildman–Crippen LogP) is 1.52. The lowest BCUT2D eigenvalue weighted by molar-refractivity contribution is 0.276. The Bertz CT molecular complexity index is 556. The third-order valence-electron chi connectivity index (χ3n) is 3.33. The zero-order chi connectivity index (χ0) is 15.1. The molecule has 0 radical (unpaired) electrons. The molecule has 0 aliphatic heterocycles. The van der Waals surface area contributed by atoms with Crippen LogP contribution in [0, 0.1) is 0 Å². The fourth-order valence-electron chi connectivity index (χ4n) is 2.15. The van der Waals surface area contributed by atoms with Crippen molar-refractivity contribution in [1.82, 2.24) is 20.3 Å². The lowest BCUT2D eigenvalue weighted by atomic mass is 10.1. The first kappa shape index (κ1) is 15.5. The third-order valence-corrected chi connectivity index (χ3v) is 3.33. The van der Waals surface area contributed by atoms with Gasteiger partial charge in [-0.1, -0.05) is 23.4 Å². The standard InChI is InChI=1S/C15H22N4O2/c1-12(14-6-3-4-7-15(14)21-2)16-10-13-11-19(18-17-13)8-5-9-20/h3-4,6-7,11-12,16,20H,5,8-10H2,1-2H3/t12-/m0/s1. The van der Waals surface area contributed by atoms with E-state index in [-0.39, 0.29) is 12.6 Å². The van der Waals surface area contributed by atoms with Crippen LogP contribution in [0.5, 0.6) is 5.75 Å². The van der Waals surface area contributed by atoms with Gasteiger partial charge < -0.3 is 15.2 Å². The van der Waals surface area contributed by atoms with Crippen LogP contribution >= 0.6 is 0 Å². The summed E-state index contributed by atoms with van der Waals surface area (Å²) in [6.45, 7) is 3.58. The first-order valence-corrected chi connectivity index (χ1v) is 7.10. The van der Waals surface area contributed by atoms with Crippen LogP contribution in [0.25, 0.3) is 0 Å². The molecule has 0 aliphatic rings. The minimum atomic E-state index is 0.156. The van der Waals surface area contributed by atoms with Gasteiger partial charge in [0, 0.05) is 37.5 Å². The average Bonchev–Trinajstić information content (AvgIpc) is 2.98. The van der Waals surface area contributed by atoms with E-state index in [0.29, 0.717) is 19.5 Å². The number of methoxy groups -OCH3 is 1. The molecule has 1 aromatic carbocycles. The van der Waals surface area contributed by atoms with Gasteiger partial charge in [0.2, 0.25) is 0 Å². The molecule has 21 heavy (non-hydrogen) atoms. The molecule has 2 aromatic rings. The quantitative estimate of drug-likeness (QED) is 0.771. The second-order valence-corrected chi connectivity index (χ2v) is 4.89. The Kier molecular flexibility index (Phi) is 5.71. The molecule has 1 aromatic heterocycles. The highest BCUT2D eigenvalue weighted by atomic mass is 16.5. The summed E-state index contributed by atoms with van der Waals surface area (Å²) >= 11 is 0.